The van der Waals surface area contributed by atoms with Crippen LogP contribution in [-0.4, -0.2) is 6.54 Å². The quantitative estimate of drug-likeness (QED) is 0.883. The van der Waals surface area contributed by atoms with E-state index in [1.54, 1.807) is 0 Å². The fourth-order valence-electron chi connectivity index (χ4n) is 2.35. The van der Waals surface area contributed by atoms with Crippen molar-refractivity contribution in [2.75, 3.05) is 6.54 Å². The van der Waals surface area contributed by atoms with Crippen LogP contribution in [0.15, 0.2) is 18.2 Å². The molecule has 0 spiro atoms. The van der Waals surface area contributed by atoms with Crippen LogP contribution in [0.3, 0.4) is 0 Å². The Labute approximate surface area is 103 Å². The highest BCUT2D eigenvalue weighted by molar-refractivity contribution is 6.31. The molecule has 0 unspecified atom stereocenters. The minimum atomic E-state index is -4.36. The summed E-state index contributed by atoms with van der Waals surface area (Å²) in [5.41, 5.74) is 4.65. The standard InChI is InChI=1S/C12H13ClF3N/c13-9-3-1-2-8(12(14,15)16)10(9)11(4-5-11)6-7-17/h1-3H,4-7,17H2. The number of hydrogen-bond donors (Lipinski definition) is 1. The van der Waals surface area contributed by atoms with Gasteiger partial charge in [-0.25, -0.2) is 0 Å². The molecule has 0 radical (unpaired) electrons. The lowest BCUT2D eigenvalue weighted by molar-refractivity contribution is -0.138. The summed E-state index contributed by atoms with van der Waals surface area (Å²) in [6.45, 7) is 0.378. The summed E-state index contributed by atoms with van der Waals surface area (Å²) >= 11 is 5.95. The molecular formula is C12H13ClF3N. The van der Waals surface area contributed by atoms with E-state index in [0.717, 1.165) is 18.9 Å². The highest BCUT2D eigenvalue weighted by atomic mass is 35.5. The summed E-state index contributed by atoms with van der Waals surface area (Å²) in [5, 5.41) is 0.200. The molecule has 5 heteroatoms. The van der Waals surface area contributed by atoms with Crippen molar-refractivity contribution in [3.05, 3.63) is 34.3 Å². The Morgan fingerprint density at radius 3 is 2.41 bits per heavy atom. The third kappa shape index (κ3) is 2.29. The predicted molar refractivity (Wildman–Crippen MR) is 61.0 cm³/mol. The molecule has 1 aliphatic carbocycles. The SMILES string of the molecule is NCCC1(c2c(Cl)cccc2C(F)(F)F)CC1. The minimum absolute atomic E-state index is 0.200. The van der Waals surface area contributed by atoms with Crippen molar-refractivity contribution in [1.82, 2.24) is 0 Å². The van der Waals surface area contributed by atoms with E-state index >= 15 is 0 Å². The molecule has 1 aliphatic rings. The lowest BCUT2D eigenvalue weighted by Gasteiger charge is -2.21. The van der Waals surface area contributed by atoms with Crippen LogP contribution in [0, 0.1) is 0 Å². The van der Waals surface area contributed by atoms with Gasteiger partial charge in [0, 0.05) is 5.02 Å². The topological polar surface area (TPSA) is 26.0 Å². The number of benzene rings is 1. The van der Waals surface area contributed by atoms with Crippen LogP contribution in [0.1, 0.15) is 30.4 Å². The Morgan fingerprint density at radius 1 is 1.29 bits per heavy atom. The van der Waals surface area contributed by atoms with Crippen LogP contribution < -0.4 is 5.73 Å². The van der Waals surface area contributed by atoms with Crippen LogP contribution in [0.25, 0.3) is 0 Å². The van der Waals surface area contributed by atoms with Crippen molar-refractivity contribution in [1.29, 1.82) is 0 Å². The van der Waals surface area contributed by atoms with Gasteiger partial charge in [-0.2, -0.15) is 13.2 Å². The van der Waals surface area contributed by atoms with Crippen molar-refractivity contribution in [3.63, 3.8) is 0 Å². The zero-order valence-corrected chi connectivity index (χ0v) is 9.91. The molecule has 0 aliphatic heterocycles. The maximum atomic E-state index is 12.9. The second-order valence-electron chi connectivity index (χ2n) is 4.48. The predicted octanol–water partition coefficient (Wildman–Crippen LogP) is 3.74. The van der Waals surface area contributed by atoms with E-state index in [2.05, 4.69) is 0 Å². The molecule has 1 aromatic rings. The molecule has 2 rings (SSSR count). The molecule has 2 N–H and O–H groups in total. The molecule has 0 aromatic heterocycles. The van der Waals surface area contributed by atoms with Gasteiger partial charge in [0.25, 0.3) is 0 Å². The van der Waals surface area contributed by atoms with Gasteiger partial charge in [-0.3, -0.25) is 0 Å². The molecule has 0 saturated heterocycles. The number of halogens is 4. The molecule has 17 heavy (non-hydrogen) atoms. The van der Waals surface area contributed by atoms with Crippen LogP contribution in [0.5, 0.6) is 0 Å². The van der Waals surface area contributed by atoms with E-state index in [0.29, 0.717) is 13.0 Å². The van der Waals surface area contributed by atoms with Gasteiger partial charge in [0.2, 0.25) is 0 Å². The third-order valence-corrected chi connectivity index (χ3v) is 3.64. The molecule has 94 valence electrons. The number of rotatable bonds is 3. The van der Waals surface area contributed by atoms with Gasteiger partial charge >= 0.3 is 6.18 Å². The molecular weight excluding hydrogens is 251 g/mol. The first-order valence-electron chi connectivity index (χ1n) is 5.47. The molecule has 0 atom stereocenters. The summed E-state index contributed by atoms with van der Waals surface area (Å²) < 4.78 is 38.8. The molecule has 1 aromatic carbocycles. The monoisotopic (exact) mass is 263 g/mol. The van der Waals surface area contributed by atoms with Gasteiger partial charge < -0.3 is 5.73 Å². The first kappa shape index (κ1) is 12.7. The summed E-state index contributed by atoms with van der Waals surface area (Å²) in [5.74, 6) is 0. The van der Waals surface area contributed by atoms with Crippen LogP contribution >= 0.6 is 11.6 Å². The van der Waals surface area contributed by atoms with Gasteiger partial charge in [-0.05, 0) is 48.9 Å². The van der Waals surface area contributed by atoms with Crippen molar-refractivity contribution in [3.8, 4) is 0 Å². The van der Waals surface area contributed by atoms with Crippen molar-refractivity contribution in [2.45, 2.75) is 30.9 Å². The van der Waals surface area contributed by atoms with E-state index in [1.165, 1.54) is 12.1 Å². The maximum Gasteiger partial charge on any atom is 0.416 e. The molecule has 0 amide bonds. The van der Waals surface area contributed by atoms with Gasteiger partial charge in [0.05, 0.1) is 5.56 Å². The zero-order chi connectivity index (χ0) is 12.7. The van der Waals surface area contributed by atoms with Crippen LogP contribution in [0.4, 0.5) is 13.2 Å². The van der Waals surface area contributed by atoms with Gasteiger partial charge in [0.15, 0.2) is 0 Å². The minimum Gasteiger partial charge on any atom is -0.330 e. The summed E-state index contributed by atoms with van der Waals surface area (Å²) in [6.07, 6.45) is -2.34. The Hall–Kier alpha value is -0.740. The number of hydrogen-bond acceptors (Lipinski definition) is 1. The molecule has 1 nitrogen and oxygen atoms in total. The van der Waals surface area contributed by atoms with E-state index in [1.807, 2.05) is 0 Å². The van der Waals surface area contributed by atoms with Gasteiger partial charge in [0.1, 0.15) is 0 Å². The Kier molecular flexibility index (Phi) is 3.12. The highest BCUT2D eigenvalue weighted by Crippen LogP contribution is 2.55. The lowest BCUT2D eigenvalue weighted by Crippen LogP contribution is -2.20. The average Bonchev–Trinajstić information content (AvgIpc) is 2.97. The second kappa shape index (κ2) is 4.18. The third-order valence-electron chi connectivity index (χ3n) is 3.33. The van der Waals surface area contributed by atoms with Gasteiger partial charge in [-0.15, -0.1) is 0 Å². The van der Waals surface area contributed by atoms with Gasteiger partial charge in [-0.1, -0.05) is 17.7 Å². The first-order valence-corrected chi connectivity index (χ1v) is 5.85. The Balaban J connectivity index is 2.52. The number of alkyl halides is 3. The number of nitrogens with two attached hydrogens (primary N) is 1. The average molecular weight is 264 g/mol. The Bertz CT molecular complexity index is 424. The molecule has 1 fully saturated rings. The maximum absolute atomic E-state index is 12.9. The Morgan fingerprint density at radius 2 is 1.94 bits per heavy atom. The van der Waals surface area contributed by atoms with E-state index < -0.39 is 17.2 Å². The van der Waals surface area contributed by atoms with Crippen LogP contribution in [0.2, 0.25) is 5.02 Å². The fraction of sp³-hybridized carbons (Fsp3) is 0.500. The summed E-state index contributed by atoms with van der Waals surface area (Å²) in [7, 11) is 0. The summed E-state index contributed by atoms with van der Waals surface area (Å²) in [4.78, 5) is 0. The zero-order valence-electron chi connectivity index (χ0n) is 9.15. The molecule has 0 heterocycles. The van der Waals surface area contributed by atoms with Crippen molar-refractivity contribution in [2.24, 2.45) is 5.73 Å². The molecule has 0 bridgehead atoms. The fourth-order valence-corrected chi connectivity index (χ4v) is 2.73. The van der Waals surface area contributed by atoms with Crippen molar-refractivity contribution < 1.29 is 13.2 Å². The molecule has 1 saturated carbocycles. The van der Waals surface area contributed by atoms with Crippen LogP contribution in [-0.2, 0) is 11.6 Å². The largest absolute Gasteiger partial charge is 0.416 e. The van der Waals surface area contributed by atoms with E-state index in [-0.39, 0.29) is 10.6 Å². The van der Waals surface area contributed by atoms with E-state index in [4.69, 9.17) is 17.3 Å². The summed E-state index contributed by atoms with van der Waals surface area (Å²) in [6, 6.07) is 3.95. The smallest absolute Gasteiger partial charge is 0.330 e. The first-order chi connectivity index (χ1) is 7.91. The second-order valence-corrected chi connectivity index (χ2v) is 4.89. The normalized spacial score (nSPS) is 18.2. The van der Waals surface area contributed by atoms with E-state index in [9.17, 15) is 13.2 Å². The highest BCUT2D eigenvalue weighted by Gasteiger charge is 2.49. The lowest BCUT2D eigenvalue weighted by atomic mass is 9.88. The van der Waals surface area contributed by atoms with Crippen molar-refractivity contribution >= 4 is 11.6 Å².